The molecular formula is C13H7ClF2N2S. The normalized spacial score (nSPS) is 11.2. The molecule has 3 rings (SSSR count). The molecule has 0 N–H and O–H groups in total. The van der Waals surface area contributed by atoms with Crippen molar-refractivity contribution in [1.82, 2.24) is 9.97 Å². The third kappa shape index (κ3) is 2.09. The summed E-state index contributed by atoms with van der Waals surface area (Å²) in [6, 6.07) is 4.10. The molecule has 2 aromatic heterocycles. The van der Waals surface area contributed by atoms with Crippen LogP contribution in [0.15, 0.2) is 24.5 Å². The Balaban J connectivity index is 2.25. The van der Waals surface area contributed by atoms with Crippen LogP contribution in [0.4, 0.5) is 8.78 Å². The van der Waals surface area contributed by atoms with E-state index in [0.29, 0.717) is 31.4 Å². The highest BCUT2D eigenvalue weighted by Gasteiger charge is 2.14. The van der Waals surface area contributed by atoms with Gasteiger partial charge < -0.3 is 0 Å². The largest absolute Gasteiger partial charge is 0.235 e. The summed E-state index contributed by atoms with van der Waals surface area (Å²) in [5.74, 6) is -1.15. The lowest BCUT2D eigenvalue weighted by molar-refractivity contribution is 0.580. The van der Waals surface area contributed by atoms with Crippen molar-refractivity contribution in [3.8, 4) is 10.4 Å². The second-order valence-corrected chi connectivity index (χ2v) is 5.48. The van der Waals surface area contributed by atoms with E-state index in [9.17, 15) is 8.78 Å². The highest BCUT2D eigenvalue weighted by molar-refractivity contribution is 7.22. The Morgan fingerprint density at radius 2 is 1.89 bits per heavy atom. The molecule has 0 unspecified atom stereocenters. The van der Waals surface area contributed by atoms with Crippen molar-refractivity contribution in [2.75, 3.05) is 0 Å². The van der Waals surface area contributed by atoms with Crippen molar-refractivity contribution in [1.29, 1.82) is 0 Å². The second-order valence-electron chi connectivity index (χ2n) is 4.07. The summed E-state index contributed by atoms with van der Waals surface area (Å²) in [7, 11) is 0. The van der Waals surface area contributed by atoms with Crippen LogP contribution in [0.3, 0.4) is 0 Å². The van der Waals surface area contributed by atoms with Gasteiger partial charge in [-0.25, -0.2) is 18.7 Å². The number of hydrogen-bond acceptors (Lipinski definition) is 3. The molecular weight excluding hydrogens is 290 g/mol. The number of fused-ring (bicyclic) bond motifs is 1. The lowest BCUT2D eigenvalue weighted by Gasteiger charge is -2.02. The molecule has 0 saturated carbocycles. The van der Waals surface area contributed by atoms with E-state index >= 15 is 0 Å². The first-order valence-electron chi connectivity index (χ1n) is 5.42. The van der Waals surface area contributed by atoms with E-state index in [0.717, 1.165) is 6.07 Å². The smallest absolute Gasteiger partial charge is 0.150 e. The van der Waals surface area contributed by atoms with Crippen LogP contribution in [0.2, 0.25) is 5.15 Å². The fourth-order valence-electron chi connectivity index (χ4n) is 1.80. The van der Waals surface area contributed by atoms with Crippen molar-refractivity contribution >= 4 is 33.2 Å². The molecule has 0 radical (unpaired) electrons. The molecule has 0 aliphatic rings. The molecule has 96 valence electrons. The highest BCUT2D eigenvalue weighted by Crippen LogP contribution is 2.37. The van der Waals surface area contributed by atoms with Gasteiger partial charge in [-0.15, -0.1) is 11.3 Å². The molecule has 0 fully saturated rings. The minimum atomic E-state index is -0.598. The maximum atomic E-state index is 13.8. The van der Waals surface area contributed by atoms with Crippen molar-refractivity contribution < 1.29 is 8.78 Å². The van der Waals surface area contributed by atoms with Crippen LogP contribution in [0.25, 0.3) is 20.7 Å². The number of benzene rings is 1. The summed E-state index contributed by atoms with van der Waals surface area (Å²) in [6.45, 7) is 1.60. The molecule has 0 saturated heterocycles. The topological polar surface area (TPSA) is 25.8 Å². The van der Waals surface area contributed by atoms with E-state index in [1.807, 2.05) is 0 Å². The molecule has 2 nitrogen and oxygen atoms in total. The van der Waals surface area contributed by atoms with Gasteiger partial charge in [0.2, 0.25) is 0 Å². The Hall–Kier alpha value is -1.59. The Kier molecular flexibility index (Phi) is 2.95. The Morgan fingerprint density at radius 3 is 2.63 bits per heavy atom. The van der Waals surface area contributed by atoms with Crippen molar-refractivity contribution in [3.05, 3.63) is 46.9 Å². The predicted octanol–water partition coefficient (Wildman–Crippen LogP) is 4.60. The van der Waals surface area contributed by atoms with Crippen molar-refractivity contribution in [2.45, 2.75) is 6.92 Å². The summed E-state index contributed by atoms with van der Waals surface area (Å²) in [5, 5.41) is 0.334. The van der Waals surface area contributed by atoms with Gasteiger partial charge in [0, 0.05) is 16.5 Å². The van der Waals surface area contributed by atoms with E-state index in [2.05, 4.69) is 9.97 Å². The van der Waals surface area contributed by atoms with Gasteiger partial charge >= 0.3 is 0 Å². The third-order valence-electron chi connectivity index (χ3n) is 2.78. The number of halogens is 3. The number of thiophene rings is 1. The van der Waals surface area contributed by atoms with Gasteiger partial charge in [-0.3, -0.25) is 0 Å². The Bertz CT molecular complexity index is 786. The van der Waals surface area contributed by atoms with E-state index in [-0.39, 0.29) is 0 Å². The zero-order valence-corrected chi connectivity index (χ0v) is 11.3. The zero-order chi connectivity index (χ0) is 13.6. The number of nitrogens with zero attached hydrogens (tertiary/aromatic N) is 2. The fraction of sp³-hybridized carbons (Fsp3) is 0.0769. The summed E-state index contributed by atoms with van der Waals surface area (Å²) < 4.78 is 27.8. The van der Waals surface area contributed by atoms with Crippen LogP contribution < -0.4 is 0 Å². The standard InChI is InChI=1S/C13H7ClF2N2S/c1-6-2-7(9(16)3-8(6)15)11-4-10-12(19-11)13(14)18-5-17-10/h2-5H,1H3. The summed E-state index contributed by atoms with van der Waals surface area (Å²) in [6.07, 6.45) is 1.35. The minimum absolute atomic E-state index is 0.334. The molecule has 2 heterocycles. The maximum absolute atomic E-state index is 13.8. The highest BCUT2D eigenvalue weighted by atomic mass is 35.5. The van der Waals surface area contributed by atoms with Gasteiger partial charge in [0.25, 0.3) is 0 Å². The van der Waals surface area contributed by atoms with E-state index in [4.69, 9.17) is 11.6 Å². The molecule has 0 atom stereocenters. The SMILES string of the molecule is Cc1cc(-c2cc3ncnc(Cl)c3s2)c(F)cc1F. The molecule has 1 aromatic carbocycles. The Morgan fingerprint density at radius 1 is 1.11 bits per heavy atom. The molecule has 0 bridgehead atoms. The number of rotatable bonds is 1. The van der Waals surface area contributed by atoms with E-state index in [1.165, 1.54) is 23.7 Å². The summed E-state index contributed by atoms with van der Waals surface area (Å²) >= 11 is 7.25. The molecule has 19 heavy (non-hydrogen) atoms. The number of aryl methyl sites for hydroxylation is 1. The van der Waals surface area contributed by atoms with Gasteiger partial charge in [-0.2, -0.15) is 0 Å². The van der Waals surface area contributed by atoms with Gasteiger partial charge in [-0.05, 0) is 24.6 Å². The van der Waals surface area contributed by atoms with Gasteiger partial charge in [-0.1, -0.05) is 11.6 Å². The average molecular weight is 297 g/mol. The van der Waals surface area contributed by atoms with E-state index < -0.39 is 11.6 Å². The maximum Gasteiger partial charge on any atom is 0.150 e. The molecule has 3 aromatic rings. The van der Waals surface area contributed by atoms with E-state index in [1.54, 1.807) is 13.0 Å². The van der Waals surface area contributed by atoms with Gasteiger partial charge in [0.1, 0.15) is 23.1 Å². The summed E-state index contributed by atoms with van der Waals surface area (Å²) in [4.78, 5) is 8.61. The molecule has 0 aliphatic heterocycles. The predicted molar refractivity (Wildman–Crippen MR) is 72.5 cm³/mol. The molecule has 0 spiro atoms. The zero-order valence-electron chi connectivity index (χ0n) is 9.75. The third-order valence-corrected chi connectivity index (χ3v) is 4.34. The van der Waals surface area contributed by atoms with Gasteiger partial charge in [0.15, 0.2) is 0 Å². The molecule has 0 aliphatic carbocycles. The second kappa shape index (κ2) is 4.51. The van der Waals surface area contributed by atoms with Crippen molar-refractivity contribution in [2.24, 2.45) is 0 Å². The monoisotopic (exact) mass is 296 g/mol. The minimum Gasteiger partial charge on any atom is -0.235 e. The summed E-state index contributed by atoms with van der Waals surface area (Å²) in [5.41, 5.74) is 1.39. The number of aromatic nitrogens is 2. The van der Waals surface area contributed by atoms with Crippen LogP contribution >= 0.6 is 22.9 Å². The van der Waals surface area contributed by atoms with Crippen LogP contribution in [-0.2, 0) is 0 Å². The molecule has 0 amide bonds. The fourth-order valence-corrected chi connectivity index (χ4v) is 3.07. The number of hydrogen-bond donors (Lipinski definition) is 0. The van der Waals surface area contributed by atoms with Crippen LogP contribution in [0.1, 0.15) is 5.56 Å². The van der Waals surface area contributed by atoms with Crippen molar-refractivity contribution in [3.63, 3.8) is 0 Å². The molecule has 6 heteroatoms. The average Bonchev–Trinajstić information content (AvgIpc) is 2.79. The quantitative estimate of drug-likeness (QED) is 0.613. The lowest BCUT2D eigenvalue weighted by Crippen LogP contribution is -1.88. The van der Waals surface area contributed by atoms with Crippen LogP contribution in [0.5, 0.6) is 0 Å². The van der Waals surface area contributed by atoms with Crippen LogP contribution in [0, 0.1) is 18.6 Å². The first kappa shape index (κ1) is 12.4. The first-order chi connectivity index (χ1) is 9.06. The van der Waals surface area contributed by atoms with Crippen LogP contribution in [-0.4, -0.2) is 9.97 Å². The Labute approximate surface area is 116 Å². The lowest BCUT2D eigenvalue weighted by atomic mass is 10.1. The van der Waals surface area contributed by atoms with Gasteiger partial charge in [0.05, 0.1) is 10.2 Å². The first-order valence-corrected chi connectivity index (χ1v) is 6.62.